The van der Waals surface area contributed by atoms with Crippen molar-refractivity contribution in [1.82, 2.24) is 29.5 Å². The van der Waals surface area contributed by atoms with Gasteiger partial charge >= 0.3 is 0 Å². The maximum atomic E-state index is 6.17. The molecule has 0 aromatic carbocycles. The Labute approximate surface area is 201 Å². The van der Waals surface area contributed by atoms with Crippen LogP contribution in [0.25, 0.3) is 5.65 Å². The van der Waals surface area contributed by atoms with E-state index in [-0.39, 0.29) is 6.04 Å². The van der Waals surface area contributed by atoms with Crippen LogP contribution in [0.5, 0.6) is 0 Å². The molecule has 184 valence electrons. The lowest BCUT2D eigenvalue weighted by molar-refractivity contribution is 0.256. The fourth-order valence-corrected chi connectivity index (χ4v) is 4.62. The molecule has 0 saturated carbocycles. The van der Waals surface area contributed by atoms with Crippen LogP contribution in [0, 0.1) is 6.92 Å². The highest BCUT2D eigenvalue weighted by molar-refractivity contribution is 5.61. The lowest BCUT2D eigenvalue weighted by Gasteiger charge is -2.36. The number of aromatic nitrogens is 5. The van der Waals surface area contributed by atoms with Crippen molar-refractivity contribution in [2.24, 2.45) is 5.73 Å². The third-order valence-electron chi connectivity index (χ3n) is 6.40. The number of fused-ring (bicyclic) bond motifs is 1. The summed E-state index contributed by atoms with van der Waals surface area (Å²) in [6.07, 6.45) is 7.65. The van der Waals surface area contributed by atoms with Crippen LogP contribution in [0.4, 0.5) is 17.6 Å². The average molecular weight is 467 g/mol. The molecule has 4 rings (SSSR count). The Kier molecular flexibility index (Phi) is 7.79. The highest BCUT2D eigenvalue weighted by Crippen LogP contribution is 2.22. The molecule has 0 amide bonds. The summed E-state index contributed by atoms with van der Waals surface area (Å²) < 4.78 is 1.80. The van der Waals surface area contributed by atoms with Crippen LogP contribution in [0.2, 0.25) is 0 Å². The quantitative estimate of drug-likeness (QED) is 0.411. The maximum Gasteiger partial charge on any atom is 0.243 e. The molecular weight excluding hydrogens is 428 g/mol. The molecular formula is C24H38N10. The van der Waals surface area contributed by atoms with E-state index < -0.39 is 0 Å². The largest absolute Gasteiger partial charge is 0.380 e. The Hall–Kier alpha value is -2.98. The number of anilines is 3. The number of piperazine rings is 1. The molecule has 0 bridgehead atoms. The second-order valence-electron chi connectivity index (χ2n) is 9.27. The minimum absolute atomic E-state index is 0.274. The number of aryl methyl sites for hydroxylation is 1. The lowest BCUT2D eigenvalue weighted by atomic mass is 10.1. The zero-order chi connectivity index (χ0) is 24.1. The second kappa shape index (κ2) is 11.0. The molecule has 1 aliphatic rings. The number of nitrogens with two attached hydrogens (primary N) is 2. The normalized spacial score (nSPS) is 15.7. The number of nitrogens with one attached hydrogen (secondary N) is 1. The fourth-order valence-electron chi connectivity index (χ4n) is 4.62. The summed E-state index contributed by atoms with van der Waals surface area (Å²) in [7, 11) is 0. The first-order chi connectivity index (χ1) is 16.5. The topological polar surface area (TPSA) is 127 Å². The van der Waals surface area contributed by atoms with Crippen LogP contribution >= 0.6 is 0 Å². The number of hydrogen-bond donors (Lipinski definition) is 3. The van der Waals surface area contributed by atoms with Crippen molar-refractivity contribution < 1.29 is 0 Å². The number of hydrogen-bond acceptors (Lipinski definition) is 9. The number of pyridine rings is 1. The standard InChI is InChI=1S/C24H38N10/c1-4-6-18(3)29-24-30-21(26)23-28-16-20(34(23)31-24)14-19-13-17(2)22(27-15-19)33-11-9-32(10-12-33)8-5-7-25/h13,15-16,18H,4-12,14,25H2,1-3H3,(H3,26,29,30,31)/t18-/m0/s1. The van der Waals surface area contributed by atoms with Crippen LogP contribution in [0.1, 0.15) is 49.9 Å². The summed E-state index contributed by atoms with van der Waals surface area (Å²) in [5.41, 5.74) is 15.7. The van der Waals surface area contributed by atoms with E-state index in [1.807, 2.05) is 12.4 Å². The molecule has 3 aromatic heterocycles. The van der Waals surface area contributed by atoms with Gasteiger partial charge in [0.2, 0.25) is 5.95 Å². The predicted octanol–water partition coefficient (Wildman–Crippen LogP) is 2.07. The van der Waals surface area contributed by atoms with Gasteiger partial charge in [-0.2, -0.15) is 4.98 Å². The van der Waals surface area contributed by atoms with E-state index >= 15 is 0 Å². The van der Waals surface area contributed by atoms with Gasteiger partial charge in [-0.3, -0.25) is 4.90 Å². The molecule has 10 heteroatoms. The zero-order valence-corrected chi connectivity index (χ0v) is 20.7. The summed E-state index contributed by atoms with van der Waals surface area (Å²) in [5, 5.41) is 8.01. The molecule has 1 aliphatic heterocycles. The molecule has 5 N–H and O–H groups in total. The number of rotatable bonds is 10. The minimum Gasteiger partial charge on any atom is -0.380 e. The number of nitrogens with zero attached hydrogens (tertiary/aromatic N) is 7. The van der Waals surface area contributed by atoms with Crippen LogP contribution in [0.3, 0.4) is 0 Å². The third-order valence-corrected chi connectivity index (χ3v) is 6.40. The lowest BCUT2D eigenvalue weighted by Crippen LogP contribution is -2.47. The Morgan fingerprint density at radius 3 is 2.65 bits per heavy atom. The number of imidazole rings is 1. The van der Waals surface area contributed by atoms with Crippen molar-refractivity contribution in [2.45, 2.75) is 52.5 Å². The molecule has 3 aromatic rings. The Bertz CT molecular complexity index is 1090. The number of nitrogen functional groups attached to an aromatic ring is 1. The van der Waals surface area contributed by atoms with E-state index in [1.165, 1.54) is 5.56 Å². The highest BCUT2D eigenvalue weighted by atomic mass is 15.3. The van der Waals surface area contributed by atoms with E-state index in [9.17, 15) is 0 Å². The van der Waals surface area contributed by atoms with Crippen LogP contribution in [-0.4, -0.2) is 74.8 Å². The van der Waals surface area contributed by atoms with Gasteiger partial charge in [-0.1, -0.05) is 19.4 Å². The molecule has 1 atom stereocenters. The van der Waals surface area contributed by atoms with Crippen LogP contribution < -0.4 is 21.7 Å². The Morgan fingerprint density at radius 1 is 1.15 bits per heavy atom. The summed E-state index contributed by atoms with van der Waals surface area (Å²) in [6.45, 7) is 12.4. The van der Waals surface area contributed by atoms with Gasteiger partial charge in [0.05, 0.1) is 11.9 Å². The summed E-state index contributed by atoms with van der Waals surface area (Å²) in [6, 6.07) is 2.49. The van der Waals surface area contributed by atoms with Crippen molar-refractivity contribution >= 4 is 23.2 Å². The second-order valence-corrected chi connectivity index (χ2v) is 9.27. The molecule has 0 spiro atoms. The molecule has 0 aliphatic carbocycles. The highest BCUT2D eigenvalue weighted by Gasteiger charge is 2.19. The van der Waals surface area contributed by atoms with E-state index in [0.717, 1.165) is 75.6 Å². The first-order valence-corrected chi connectivity index (χ1v) is 12.4. The third kappa shape index (κ3) is 5.56. The van der Waals surface area contributed by atoms with Crippen LogP contribution in [-0.2, 0) is 6.42 Å². The van der Waals surface area contributed by atoms with Gasteiger partial charge in [0.1, 0.15) is 5.82 Å². The van der Waals surface area contributed by atoms with E-state index in [1.54, 1.807) is 4.52 Å². The first kappa shape index (κ1) is 24.2. The minimum atomic E-state index is 0.274. The van der Waals surface area contributed by atoms with Crippen molar-refractivity contribution in [2.75, 3.05) is 55.2 Å². The van der Waals surface area contributed by atoms with Crippen molar-refractivity contribution in [1.29, 1.82) is 0 Å². The smallest absolute Gasteiger partial charge is 0.243 e. The summed E-state index contributed by atoms with van der Waals surface area (Å²) in [4.78, 5) is 18.5. The van der Waals surface area contributed by atoms with Gasteiger partial charge in [-0.25, -0.2) is 14.5 Å². The summed E-state index contributed by atoms with van der Waals surface area (Å²) >= 11 is 0. The molecule has 34 heavy (non-hydrogen) atoms. The zero-order valence-electron chi connectivity index (χ0n) is 20.7. The molecule has 10 nitrogen and oxygen atoms in total. The Balaban J connectivity index is 1.47. The van der Waals surface area contributed by atoms with E-state index in [0.29, 0.717) is 23.8 Å². The molecule has 1 saturated heterocycles. The van der Waals surface area contributed by atoms with E-state index in [4.69, 9.17) is 16.5 Å². The summed E-state index contributed by atoms with van der Waals surface area (Å²) in [5.74, 6) is 1.98. The Morgan fingerprint density at radius 2 is 1.94 bits per heavy atom. The van der Waals surface area contributed by atoms with E-state index in [2.05, 4.69) is 57.0 Å². The van der Waals surface area contributed by atoms with Crippen molar-refractivity contribution in [3.63, 3.8) is 0 Å². The van der Waals surface area contributed by atoms with Gasteiger partial charge < -0.3 is 21.7 Å². The first-order valence-electron chi connectivity index (χ1n) is 12.4. The average Bonchev–Trinajstić information content (AvgIpc) is 3.21. The van der Waals surface area contributed by atoms with Gasteiger partial charge in [-0.05, 0) is 50.9 Å². The van der Waals surface area contributed by atoms with Gasteiger partial charge in [-0.15, -0.1) is 5.10 Å². The van der Waals surface area contributed by atoms with Gasteiger partial charge in [0, 0.05) is 44.8 Å². The van der Waals surface area contributed by atoms with Gasteiger partial charge in [0.25, 0.3) is 0 Å². The maximum absolute atomic E-state index is 6.17. The monoisotopic (exact) mass is 466 g/mol. The van der Waals surface area contributed by atoms with Crippen LogP contribution in [0.15, 0.2) is 18.5 Å². The SMILES string of the molecule is CCC[C@H](C)Nc1nc(N)c2ncc(Cc3cnc(N4CCN(CCCN)CC4)c(C)c3)n2n1. The fraction of sp³-hybridized carbons (Fsp3) is 0.583. The van der Waals surface area contributed by atoms with Gasteiger partial charge in [0.15, 0.2) is 11.5 Å². The van der Waals surface area contributed by atoms with Crippen molar-refractivity contribution in [3.8, 4) is 0 Å². The molecule has 0 radical (unpaired) electrons. The molecule has 1 fully saturated rings. The molecule has 0 unspecified atom stereocenters. The molecule has 4 heterocycles. The van der Waals surface area contributed by atoms with Crippen molar-refractivity contribution in [3.05, 3.63) is 35.3 Å². The predicted molar refractivity (Wildman–Crippen MR) is 137 cm³/mol.